The van der Waals surface area contributed by atoms with E-state index in [1.807, 2.05) is 35.8 Å². The molecule has 1 unspecified atom stereocenters. The molecule has 0 radical (unpaired) electrons. The van der Waals surface area contributed by atoms with Crippen molar-refractivity contribution in [3.05, 3.63) is 56.7 Å². The van der Waals surface area contributed by atoms with E-state index in [2.05, 4.69) is 20.9 Å². The lowest BCUT2D eigenvalue weighted by Gasteiger charge is -2.14. The molecule has 1 atom stereocenters. The fraction of sp³-hybridized carbons (Fsp3) is 0.133. The Labute approximate surface area is 145 Å². The van der Waals surface area contributed by atoms with Gasteiger partial charge in [-0.05, 0) is 37.3 Å². The average Bonchev–Trinajstić information content (AvgIpc) is 2.78. The van der Waals surface area contributed by atoms with Gasteiger partial charge in [-0.3, -0.25) is 4.57 Å². The van der Waals surface area contributed by atoms with Crippen LogP contribution in [0.3, 0.4) is 0 Å². The number of hydrogen-bond acceptors (Lipinski definition) is 1. The van der Waals surface area contributed by atoms with Crippen LogP contribution in [0, 0.1) is 0 Å². The van der Waals surface area contributed by atoms with E-state index in [0.717, 1.165) is 15.5 Å². The molecule has 0 amide bonds. The molecule has 2 aromatic carbocycles. The molecule has 0 aliphatic heterocycles. The van der Waals surface area contributed by atoms with Gasteiger partial charge in [-0.1, -0.05) is 45.2 Å². The van der Waals surface area contributed by atoms with Crippen LogP contribution in [-0.4, -0.2) is 9.55 Å². The molecule has 1 aromatic heterocycles. The zero-order valence-electron chi connectivity index (χ0n) is 10.9. The van der Waals surface area contributed by atoms with Crippen molar-refractivity contribution in [3.8, 4) is 5.69 Å². The van der Waals surface area contributed by atoms with E-state index in [1.165, 1.54) is 0 Å². The fourth-order valence-electron chi connectivity index (χ4n) is 2.27. The van der Waals surface area contributed by atoms with Crippen LogP contribution < -0.4 is 0 Å². The summed E-state index contributed by atoms with van der Waals surface area (Å²) in [7, 11) is 0. The minimum Gasteiger partial charge on any atom is -0.292 e. The summed E-state index contributed by atoms with van der Waals surface area (Å²) in [6.07, 6.45) is 0. The molecule has 0 saturated heterocycles. The molecule has 0 N–H and O–H groups in total. The molecule has 2 nitrogen and oxygen atoms in total. The summed E-state index contributed by atoms with van der Waals surface area (Å²) in [6, 6.07) is 11.3. The third-order valence-corrected chi connectivity index (χ3v) is 4.46. The number of rotatable bonds is 2. The van der Waals surface area contributed by atoms with Gasteiger partial charge in [0.05, 0.1) is 32.1 Å². The Morgan fingerprint density at radius 2 is 1.81 bits per heavy atom. The Morgan fingerprint density at radius 1 is 1.14 bits per heavy atom. The Morgan fingerprint density at radius 3 is 2.43 bits per heavy atom. The maximum absolute atomic E-state index is 6.35. The average molecular weight is 405 g/mol. The minimum absolute atomic E-state index is 0.275. The van der Waals surface area contributed by atoms with Crippen molar-refractivity contribution in [2.45, 2.75) is 12.3 Å². The highest BCUT2D eigenvalue weighted by Gasteiger charge is 2.20. The van der Waals surface area contributed by atoms with Crippen LogP contribution in [0.2, 0.25) is 10.0 Å². The Kier molecular flexibility index (Phi) is 4.19. The predicted molar refractivity (Wildman–Crippen MR) is 93.1 cm³/mol. The molecule has 3 rings (SSSR count). The zero-order chi connectivity index (χ0) is 15.1. The summed E-state index contributed by atoms with van der Waals surface area (Å²) in [5.41, 5.74) is 2.45. The SMILES string of the molecule is CC(Cl)c1nc2ccc(Br)cc2n1-c1c(Cl)cccc1Cl. The number of halogens is 4. The minimum atomic E-state index is -0.275. The molecule has 0 aliphatic carbocycles. The lowest BCUT2D eigenvalue weighted by molar-refractivity contribution is 0.883. The first-order valence-electron chi connectivity index (χ1n) is 6.25. The number of imidazole rings is 1. The lowest BCUT2D eigenvalue weighted by atomic mass is 10.2. The molecule has 0 saturated carbocycles. The van der Waals surface area contributed by atoms with E-state index in [0.29, 0.717) is 21.6 Å². The Hall–Kier alpha value is -0.740. The van der Waals surface area contributed by atoms with Gasteiger partial charge in [0.15, 0.2) is 0 Å². The molecule has 0 spiro atoms. The number of benzene rings is 2. The molecule has 0 aliphatic rings. The highest BCUT2D eigenvalue weighted by Crippen LogP contribution is 2.36. The number of alkyl halides is 1. The van der Waals surface area contributed by atoms with Crippen LogP contribution in [0.15, 0.2) is 40.9 Å². The number of hydrogen-bond donors (Lipinski definition) is 0. The maximum Gasteiger partial charge on any atom is 0.132 e. The molecule has 108 valence electrons. The van der Waals surface area contributed by atoms with Crippen molar-refractivity contribution < 1.29 is 0 Å². The van der Waals surface area contributed by atoms with Crippen molar-refractivity contribution in [1.82, 2.24) is 9.55 Å². The lowest BCUT2D eigenvalue weighted by Crippen LogP contribution is -2.03. The van der Waals surface area contributed by atoms with Gasteiger partial charge in [-0.25, -0.2) is 4.98 Å². The summed E-state index contributed by atoms with van der Waals surface area (Å²) < 4.78 is 2.87. The van der Waals surface area contributed by atoms with Gasteiger partial charge in [0.25, 0.3) is 0 Å². The summed E-state index contributed by atoms with van der Waals surface area (Å²) in [5, 5.41) is 0.837. The number of fused-ring (bicyclic) bond motifs is 1. The smallest absolute Gasteiger partial charge is 0.132 e. The summed E-state index contributed by atoms with van der Waals surface area (Å²) in [6.45, 7) is 1.87. The second-order valence-electron chi connectivity index (χ2n) is 4.62. The van der Waals surface area contributed by atoms with Gasteiger partial charge >= 0.3 is 0 Å². The van der Waals surface area contributed by atoms with Gasteiger partial charge in [0.2, 0.25) is 0 Å². The Bertz CT molecular complexity index is 807. The molecule has 21 heavy (non-hydrogen) atoms. The first kappa shape index (κ1) is 15.2. The third-order valence-electron chi connectivity index (χ3n) is 3.16. The van der Waals surface area contributed by atoms with Crippen molar-refractivity contribution in [1.29, 1.82) is 0 Å². The molecule has 6 heteroatoms. The number of aromatic nitrogens is 2. The first-order chi connectivity index (χ1) is 9.99. The van der Waals surface area contributed by atoms with E-state index in [1.54, 1.807) is 12.1 Å². The van der Waals surface area contributed by atoms with Crippen molar-refractivity contribution in [2.24, 2.45) is 0 Å². The normalized spacial score (nSPS) is 12.8. The first-order valence-corrected chi connectivity index (χ1v) is 8.24. The predicted octanol–water partition coefficient (Wildman–Crippen LogP) is 6.39. The third kappa shape index (κ3) is 2.68. The van der Waals surface area contributed by atoms with Crippen LogP contribution in [0.4, 0.5) is 0 Å². The van der Waals surface area contributed by atoms with Crippen LogP contribution in [0.1, 0.15) is 18.1 Å². The topological polar surface area (TPSA) is 17.8 Å². The molecule has 0 fully saturated rings. The Balaban J connectivity index is 2.44. The van der Waals surface area contributed by atoms with Crippen LogP contribution in [-0.2, 0) is 0 Å². The van der Waals surface area contributed by atoms with E-state index in [9.17, 15) is 0 Å². The van der Waals surface area contributed by atoms with Gasteiger partial charge in [0, 0.05) is 4.47 Å². The van der Waals surface area contributed by atoms with Crippen LogP contribution >= 0.6 is 50.7 Å². The monoisotopic (exact) mass is 402 g/mol. The standard InChI is InChI=1S/C15H10BrCl3N2/c1-8(17)15-20-12-6-5-9(16)7-13(12)21(15)14-10(18)3-2-4-11(14)19/h2-8H,1H3. The highest BCUT2D eigenvalue weighted by molar-refractivity contribution is 9.10. The molecular weight excluding hydrogens is 394 g/mol. The van der Waals surface area contributed by atoms with Crippen molar-refractivity contribution in [2.75, 3.05) is 0 Å². The molecule has 1 heterocycles. The summed E-state index contributed by atoms with van der Waals surface area (Å²) in [5.74, 6) is 0.708. The molecule has 3 aromatic rings. The van der Waals surface area contributed by atoms with Gasteiger partial charge in [-0.2, -0.15) is 0 Å². The van der Waals surface area contributed by atoms with Crippen LogP contribution in [0.5, 0.6) is 0 Å². The van der Waals surface area contributed by atoms with Crippen molar-refractivity contribution >= 4 is 61.8 Å². The van der Waals surface area contributed by atoms with Gasteiger partial charge < -0.3 is 0 Å². The molecular formula is C15H10BrCl3N2. The van der Waals surface area contributed by atoms with Crippen LogP contribution in [0.25, 0.3) is 16.7 Å². The molecule has 0 bridgehead atoms. The van der Waals surface area contributed by atoms with Gasteiger partial charge in [-0.15, -0.1) is 11.6 Å². The number of nitrogens with zero attached hydrogens (tertiary/aromatic N) is 2. The zero-order valence-corrected chi connectivity index (χ0v) is 14.8. The van der Waals surface area contributed by atoms with E-state index < -0.39 is 0 Å². The summed E-state index contributed by atoms with van der Waals surface area (Å²) >= 11 is 22.5. The highest BCUT2D eigenvalue weighted by atomic mass is 79.9. The van der Waals surface area contributed by atoms with Gasteiger partial charge in [0.1, 0.15) is 5.82 Å². The second-order valence-corrected chi connectivity index (χ2v) is 7.01. The van der Waals surface area contributed by atoms with Crippen molar-refractivity contribution in [3.63, 3.8) is 0 Å². The van der Waals surface area contributed by atoms with E-state index in [-0.39, 0.29) is 5.38 Å². The largest absolute Gasteiger partial charge is 0.292 e. The fourth-order valence-corrected chi connectivity index (χ4v) is 3.33. The van der Waals surface area contributed by atoms with E-state index in [4.69, 9.17) is 34.8 Å². The summed E-state index contributed by atoms with van der Waals surface area (Å²) in [4.78, 5) is 4.60. The van der Waals surface area contributed by atoms with E-state index >= 15 is 0 Å². The maximum atomic E-state index is 6.35. The second kappa shape index (κ2) is 5.81. The number of para-hydroxylation sites is 1. The quantitative estimate of drug-likeness (QED) is 0.452.